The summed E-state index contributed by atoms with van der Waals surface area (Å²) in [6, 6.07) is 5.76. The number of hydrogen-bond donors (Lipinski definition) is 1. The number of amides is 1. The fourth-order valence-corrected chi connectivity index (χ4v) is 2.79. The first-order chi connectivity index (χ1) is 10.3. The van der Waals surface area contributed by atoms with E-state index in [-0.39, 0.29) is 5.91 Å². The standard InChI is InChI=1S/C14H15N5OS/c1-2-13-16-9-10(21-13)14(20)15-7-6-12-18-17-11-5-3-4-8-19(11)12/h3-5,8-9H,2,6-7H2,1H3,(H,15,20). The van der Waals surface area contributed by atoms with Gasteiger partial charge in [-0.05, 0) is 18.6 Å². The van der Waals surface area contributed by atoms with Gasteiger partial charge in [0.25, 0.3) is 5.91 Å². The van der Waals surface area contributed by atoms with Gasteiger partial charge in [0.2, 0.25) is 0 Å². The molecule has 0 unspecified atom stereocenters. The highest BCUT2D eigenvalue weighted by molar-refractivity contribution is 7.13. The van der Waals surface area contributed by atoms with Crippen molar-refractivity contribution in [2.45, 2.75) is 19.8 Å². The van der Waals surface area contributed by atoms with Crippen LogP contribution in [0.25, 0.3) is 5.65 Å². The Balaban J connectivity index is 1.59. The number of hydrogen-bond acceptors (Lipinski definition) is 5. The number of aryl methyl sites for hydroxylation is 1. The van der Waals surface area contributed by atoms with Crippen LogP contribution >= 0.6 is 11.3 Å². The van der Waals surface area contributed by atoms with Gasteiger partial charge in [-0.15, -0.1) is 21.5 Å². The maximum atomic E-state index is 12.0. The van der Waals surface area contributed by atoms with Crippen molar-refractivity contribution < 1.29 is 4.79 Å². The average Bonchev–Trinajstić information content (AvgIpc) is 3.14. The van der Waals surface area contributed by atoms with E-state index in [2.05, 4.69) is 20.5 Å². The summed E-state index contributed by atoms with van der Waals surface area (Å²) >= 11 is 1.44. The predicted molar refractivity (Wildman–Crippen MR) is 80.5 cm³/mol. The molecule has 7 heteroatoms. The Morgan fingerprint density at radius 1 is 1.38 bits per heavy atom. The van der Waals surface area contributed by atoms with Crippen molar-refractivity contribution in [1.82, 2.24) is 24.9 Å². The van der Waals surface area contributed by atoms with E-state index in [0.717, 1.165) is 22.9 Å². The van der Waals surface area contributed by atoms with E-state index in [1.165, 1.54) is 11.3 Å². The Morgan fingerprint density at radius 3 is 3.10 bits per heavy atom. The van der Waals surface area contributed by atoms with Gasteiger partial charge in [-0.2, -0.15) is 0 Å². The summed E-state index contributed by atoms with van der Waals surface area (Å²) in [6.07, 6.45) is 5.04. The Bertz CT molecular complexity index is 763. The summed E-state index contributed by atoms with van der Waals surface area (Å²) in [7, 11) is 0. The highest BCUT2D eigenvalue weighted by Crippen LogP contribution is 2.13. The average molecular weight is 301 g/mol. The SMILES string of the molecule is CCc1ncc(C(=O)NCCc2nnc3ccccn23)s1. The van der Waals surface area contributed by atoms with Gasteiger partial charge in [0.15, 0.2) is 5.65 Å². The largest absolute Gasteiger partial charge is 0.351 e. The molecule has 0 aromatic carbocycles. The maximum absolute atomic E-state index is 12.0. The monoisotopic (exact) mass is 301 g/mol. The lowest BCUT2D eigenvalue weighted by atomic mass is 10.3. The molecule has 1 amide bonds. The van der Waals surface area contributed by atoms with Crippen LogP contribution in [-0.2, 0) is 12.8 Å². The van der Waals surface area contributed by atoms with E-state index >= 15 is 0 Å². The fourth-order valence-electron chi connectivity index (χ4n) is 2.02. The van der Waals surface area contributed by atoms with Crippen LogP contribution in [0.3, 0.4) is 0 Å². The van der Waals surface area contributed by atoms with Gasteiger partial charge in [-0.1, -0.05) is 13.0 Å². The Morgan fingerprint density at radius 2 is 2.29 bits per heavy atom. The highest BCUT2D eigenvalue weighted by Gasteiger charge is 2.10. The van der Waals surface area contributed by atoms with Crippen molar-refractivity contribution in [3.05, 3.63) is 46.3 Å². The van der Waals surface area contributed by atoms with Crippen LogP contribution in [0.2, 0.25) is 0 Å². The van der Waals surface area contributed by atoms with Crippen molar-refractivity contribution in [1.29, 1.82) is 0 Å². The van der Waals surface area contributed by atoms with Gasteiger partial charge < -0.3 is 5.32 Å². The predicted octanol–water partition coefficient (Wildman–Crippen LogP) is 1.72. The summed E-state index contributed by atoms with van der Waals surface area (Å²) in [5, 5.41) is 12.1. The second-order valence-electron chi connectivity index (χ2n) is 4.52. The summed E-state index contributed by atoms with van der Waals surface area (Å²) in [6.45, 7) is 2.55. The van der Waals surface area contributed by atoms with E-state index in [0.29, 0.717) is 17.8 Å². The number of nitrogens with zero attached hydrogens (tertiary/aromatic N) is 4. The molecule has 6 nitrogen and oxygen atoms in total. The highest BCUT2D eigenvalue weighted by atomic mass is 32.1. The van der Waals surface area contributed by atoms with Crippen LogP contribution in [-0.4, -0.2) is 32.0 Å². The third-order valence-electron chi connectivity index (χ3n) is 3.10. The van der Waals surface area contributed by atoms with Gasteiger partial charge in [0.1, 0.15) is 10.7 Å². The molecule has 0 saturated carbocycles. The lowest BCUT2D eigenvalue weighted by Crippen LogP contribution is -2.25. The van der Waals surface area contributed by atoms with Crippen LogP contribution < -0.4 is 5.32 Å². The van der Waals surface area contributed by atoms with Crippen LogP contribution in [0.5, 0.6) is 0 Å². The van der Waals surface area contributed by atoms with Crippen LogP contribution in [0.1, 0.15) is 27.4 Å². The molecule has 0 fully saturated rings. The third kappa shape index (κ3) is 2.92. The number of carbonyl (C=O) groups is 1. The second kappa shape index (κ2) is 6.01. The zero-order valence-electron chi connectivity index (χ0n) is 11.6. The molecule has 0 atom stereocenters. The third-order valence-corrected chi connectivity index (χ3v) is 4.24. The number of nitrogens with one attached hydrogen (secondary N) is 1. The van der Waals surface area contributed by atoms with Crippen molar-refractivity contribution in [2.24, 2.45) is 0 Å². The molecule has 0 spiro atoms. The molecule has 1 N–H and O–H groups in total. The first kappa shape index (κ1) is 13.7. The molecular weight excluding hydrogens is 286 g/mol. The first-order valence-electron chi connectivity index (χ1n) is 6.79. The Labute approximate surface area is 125 Å². The number of rotatable bonds is 5. The van der Waals surface area contributed by atoms with E-state index in [9.17, 15) is 4.79 Å². The molecule has 0 radical (unpaired) electrons. The van der Waals surface area contributed by atoms with E-state index < -0.39 is 0 Å². The number of aromatic nitrogens is 4. The maximum Gasteiger partial charge on any atom is 0.263 e. The molecule has 3 heterocycles. The van der Waals surface area contributed by atoms with Crippen LogP contribution in [0.15, 0.2) is 30.6 Å². The number of pyridine rings is 1. The second-order valence-corrected chi connectivity index (χ2v) is 5.64. The lowest BCUT2D eigenvalue weighted by molar-refractivity contribution is 0.0958. The summed E-state index contributed by atoms with van der Waals surface area (Å²) < 4.78 is 1.92. The molecule has 0 saturated heterocycles. The molecule has 0 aliphatic rings. The molecule has 0 aliphatic heterocycles. The Kier molecular flexibility index (Phi) is 3.92. The molecule has 0 bridgehead atoms. The van der Waals surface area contributed by atoms with Crippen molar-refractivity contribution in [3.8, 4) is 0 Å². The van der Waals surface area contributed by atoms with Gasteiger partial charge in [0, 0.05) is 19.2 Å². The fraction of sp³-hybridized carbons (Fsp3) is 0.286. The number of thiazole rings is 1. The lowest BCUT2D eigenvalue weighted by Gasteiger charge is -2.02. The van der Waals surface area contributed by atoms with Crippen LogP contribution in [0, 0.1) is 0 Å². The number of carbonyl (C=O) groups excluding carboxylic acids is 1. The van der Waals surface area contributed by atoms with Crippen molar-refractivity contribution in [2.75, 3.05) is 6.54 Å². The van der Waals surface area contributed by atoms with Crippen molar-refractivity contribution >= 4 is 22.9 Å². The molecule has 3 aromatic rings. The minimum absolute atomic E-state index is 0.0824. The zero-order chi connectivity index (χ0) is 14.7. The topological polar surface area (TPSA) is 72.2 Å². The summed E-state index contributed by atoms with van der Waals surface area (Å²) in [5.74, 6) is 0.755. The Hall–Kier alpha value is -2.28. The molecule has 0 aliphatic carbocycles. The smallest absolute Gasteiger partial charge is 0.263 e. The van der Waals surface area contributed by atoms with Gasteiger partial charge in [0.05, 0.1) is 11.2 Å². The summed E-state index contributed by atoms with van der Waals surface area (Å²) in [4.78, 5) is 16.8. The van der Waals surface area contributed by atoms with E-state index in [1.807, 2.05) is 35.7 Å². The minimum Gasteiger partial charge on any atom is -0.351 e. The first-order valence-corrected chi connectivity index (χ1v) is 7.61. The van der Waals surface area contributed by atoms with Gasteiger partial charge >= 0.3 is 0 Å². The van der Waals surface area contributed by atoms with Crippen molar-refractivity contribution in [3.63, 3.8) is 0 Å². The normalized spacial score (nSPS) is 10.9. The molecule has 3 aromatic heterocycles. The van der Waals surface area contributed by atoms with E-state index in [1.54, 1.807) is 6.20 Å². The quantitative estimate of drug-likeness (QED) is 0.779. The van der Waals surface area contributed by atoms with Gasteiger partial charge in [-0.3, -0.25) is 9.20 Å². The zero-order valence-corrected chi connectivity index (χ0v) is 12.4. The molecule has 21 heavy (non-hydrogen) atoms. The molecular formula is C14H15N5OS. The number of fused-ring (bicyclic) bond motifs is 1. The van der Waals surface area contributed by atoms with E-state index in [4.69, 9.17) is 0 Å². The molecule has 3 rings (SSSR count). The summed E-state index contributed by atoms with van der Waals surface area (Å²) in [5.41, 5.74) is 0.814. The van der Waals surface area contributed by atoms with Gasteiger partial charge in [-0.25, -0.2) is 4.98 Å². The molecule has 108 valence electrons. The minimum atomic E-state index is -0.0824. The van der Waals surface area contributed by atoms with Crippen LogP contribution in [0.4, 0.5) is 0 Å².